The first-order valence-electron chi connectivity index (χ1n) is 8.56. The van der Waals surface area contributed by atoms with E-state index in [1.807, 2.05) is 24.3 Å². The molecule has 0 bridgehead atoms. The highest BCUT2D eigenvalue weighted by atomic mass is 16.7. The summed E-state index contributed by atoms with van der Waals surface area (Å²) in [4.78, 5) is 2.24. The minimum atomic E-state index is -0.0645. The average molecular weight is 351 g/mol. The zero-order valence-electron chi connectivity index (χ0n) is 15.2. The van der Waals surface area contributed by atoms with Crippen LogP contribution in [-0.2, 0) is 6.42 Å². The molecule has 0 radical (unpaired) electrons. The number of likely N-dealkylation sites (N-methyl/N-ethyl adjacent to an activating group) is 1. The maximum Gasteiger partial charge on any atom is 0.231 e. The van der Waals surface area contributed by atoms with Crippen LogP contribution < -0.4 is 18.9 Å². The van der Waals surface area contributed by atoms with Gasteiger partial charge in [0.1, 0.15) is 11.8 Å². The van der Waals surface area contributed by atoms with Gasteiger partial charge in [0.05, 0.1) is 14.2 Å². The minimum Gasteiger partial charge on any atom is -0.497 e. The number of methoxy groups -OCH3 is 2. The van der Waals surface area contributed by atoms with E-state index in [4.69, 9.17) is 18.9 Å². The Labute approximate surface area is 153 Å². The Morgan fingerprint density at radius 3 is 2.65 bits per heavy atom. The van der Waals surface area contributed by atoms with Crippen molar-refractivity contribution in [3.63, 3.8) is 0 Å². The van der Waals surface area contributed by atoms with E-state index in [1.165, 1.54) is 5.56 Å². The highest BCUT2D eigenvalue weighted by Crippen LogP contribution is 2.49. The van der Waals surface area contributed by atoms with Gasteiger partial charge in [-0.1, -0.05) is 11.8 Å². The molecule has 0 N–H and O–H groups in total. The fourth-order valence-electron chi connectivity index (χ4n) is 3.44. The summed E-state index contributed by atoms with van der Waals surface area (Å²) in [6.07, 6.45) is 0.930. The van der Waals surface area contributed by atoms with E-state index < -0.39 is 0 Å². The third kappa shape index (κ3) is 2.83. The van der Waals surface area contributed by atoms with Gasteiger partial charge in [0.25, 0.3) is 0 Å². The molecule has 26 heavy (non-hydrogen) atoms. The molecule has 5 nitrogen and oxygen atoms in total. The molecule has 2 heterocycles. The Kier molecular flexibility index (Phi) is 4.36. The average Bonchev–Trinajstić information content (AvgIpc) is 3.14. The van der Waals surface area contributed by atoms with Crippen molar-refractivity contribution < 1.29 is 18.9 Å². The third-order valence-electron chi connectivity index (χ3n) is 4.84. The Bertz CT molecular complexity index is 880. The van der Waals surface area contributed by atoms with Crippen LogP contribution in [0.1, 0.15) is 22.7 Å². The molecule has 5 heteroatoms. The Morgan fingerprint density at radius 2 is 1.92 bits per heavy atom. The van der Waals surface area contributed by atoms with Crippen LogP contribution in [0.3, 0.4) is 0 Å². The van der Waals surface area contributed by atoms with Gasteiger partial charge in [-0.25, -0.2) is 0 Å². The second-order valence-electron chi connectivity index (χ2n) is 6.35. The minimum absolute atomic E-state index is 0.0645. The summed E-state index contributed by atoms with van der Waals surface area (Å²) in [7, 11) is 5.41. The normalized spacial score (nSPS) is 17.9. The van der Waals surface area contributed by atoms with Crippen LogP contribution >= 0.6 is 0 Å². The lowest BCUT2D eigenvalue weighted by Gasteiger charge is -2.32. The molecule has 1 unspecified atom stereocenters. The maximum atomic E-state index is 5.70. The third-order valence-corrected chi connectivity index (χ3v) is 4.84. The molecular formula is C21H21NO4. The maximum absolute atomic E-state index is 5.70. The molecule has 2 aliphatic rings. The van der Waals surface area contributed by atoms with Crippen molar-refractivity contribution in [2.24, 2.45) is 0 Å². The Balaban J connectivity index is 1.75. The van der Waals surface area contributed by atoms with Crippen LogP contribution in [0.15, 0.2) is 30.3 Å². The van der Waals surface area contributed by atoms with E-state index in [0.717, 1.165) is 41.3 Å². The van der Waals surface area contributed by atoms with Gasteiger partial charge in [0.2, 0.25) is 12.5 Å². The zero-order valence-corrected chi connectivity index (χ0v) is 15.2. The Hall–Kier alpha value is -2.84. The summed E-state index contributed by atoms with van der Waals surface area (Å²) in [6, 6.07) is 9.77. The monoisotopic (exact) mass is 351 g/mol. The molecule has 0 fully saturated rings. The lowest BCUT2D eigenvalue weighted by atomic mass is 9.91. The second kappa shape index (κ2) is 6.81. The fourth-order valence-corrected chi connectivity index (χ4v) is 3.44. The van der Waals surface area contributed by atoms with Crippen molar-refractivity contribution in [2.75, 3.05) is 34.6 Å². The fraction of sp³-hybridized carbons (Fsp3) is 0.333. The van der Waals surface area contributed by atoms with Gasteiger partial charge >= 0.3 is 0 Å². The van der Waals surface area contributed by atoms with E-state index in [2.05, 4.69) is 29.9 Å². The quantitative estimate of drug-likeness (QED) is 0.778. The largest absolute Gasteiger partial charge is 0.497 e. The van der Waals surface area contributed by atoms with Gasteiger partial charge in [0.15, 0.2) is 11.5 Å². The first-order chi connectivity index (χ1) is 12.7. The molecule has 1 atom stereocenters. The van der Waals surface area contributed by atoms with Gasteiger partial charge in [0, 0.05) is 17.7 Å². The summed E-state index contributed by atoms with van der Waals surface area (Å²) in [6.45, 7) is 1.16. The molecule has 0 aliphatic carbocycles. The van der Waals surface area contributed by atoms with Crippen LogP contribution in [0.5, 0.6) is 23.0 Å². The summed E-state index contributed by atoms with van der Waals surface area (Å²) in [5.74, 6) is 9.68. The highest BCUT2D eigenvalue weighted by molar-refractivity contribution is 5.63. The topological polar surface area (TPSA) is 40.2 Å². The van der Waals surface area contributed by atoms with Crippen molar-refractivity contribution in [3.8, 4) is 34.8 Å². The molecule has 0 spiro atoms. The lowest BCUT2D eigenvalue weighted by Crippen LogP contribution is -2.31. The first-order valence-corrected chi connectivity index (χ1v) is 8.56. The van der Waals surface area contributed by atoms with Gasteiger partial charge in [-0.2, -0.15) is 0 Å². The van der Waals surface area contributed by atoms with E-state index in [-0.39, 0.29) is 12.8 Å². The Morgan fingerprint density at radius 1 is 1.12 bits per heavy atom. The van der Waals surface area contributed by atoms with Gasteiger partial charge in [-0.15, -0.1) is 0 Å². The molecule has 0 saturated heterocycles. The van der Waals surface area contributed by atoms with Crippen molar-refractivity contribution in [2.45, 2.75) is 12.5 Å². The van der Waals surface area contributed by atoms with Crippen LogP contribution in [0.25, 0.3) is 0 Å². The standard InChI is InChI=1S/C21H21NO4/c1-22-11-10-15-12-18-20(26-13-25-18)21(24-3)19(15)17(22)9-6-14-4-7-16(23-2)8-5-14/h4-5,7-8,12,17H,10-11,13H2,1-3H3. The van der Waals surface area contributed by atoms with E-state index in [1.54, 1.807) is 14.2 Å². The number of hydrogen-bond acceptors (Lipinski definition) is 5. The van der Waals surface area contributed by atoms with Crippen LogP contribution in [0, 0.1) is 11.8 Å². The predicted octanol–water partition coefficient (Wildman–Crippen LogP) is 3.01. The van der Waals surface area contributed by atoms with Crippen LogP contribution in [-0.4, -0.2) is 39.5 Å². The van der Waals surface area contributed by atoms with E-state index in [0.29, 0.717) is 5.75 Å². The first kappa shape index (κ1) is 16.6. The number of fused-ring (bicyclic) bond motifs is 2. The number of ether oxygens (including phenoxy) is 4. The molecule has 4 rings (SSSR count). The zero-order chi connectivity index (χ0) is 18.1. The van der Waals surface area contributed by atoms with Crippen molar-refractivity contribution in [1.82, 2.24) is 4.90 Å². The number of benzene rings is 2. The summed E-state index contributed by atoms with van der Waals surface area (Å²) in [5.41, 5.74) is 3.23. The summed E-state index contributed by atoms with van der Waals surface area (Å²) < 4.78 is 22.1. The molecule has 134 valence electrons. The highest BCUT2D eigenvalue weighted by Gasteiger charge is 2.33. The summed E-state index contributed by atoms with van der Waals surface area (Å²) in [5, 5.41) is 0. The summed E-state index contributed by atoms with van der Waals surface area (Å²) >= 11 is 0. The van der Waals surface area contributed by atoms with Crippen LogP contribution in [0.2, 0.25) is 0 Å². The SMILES string of the molecule is COc1ccc(C#CC2c3c(cc4c(c3OC)OCO4)CCN2C)cc1. The van der Waals surface area contributed by atoms with Crippen LogP contribution in [0.4, 0.5) is 0 Å². The number of rotatable bonds is 2. The molecular weight excluding hydrogens is 330 g/mol. The molecule has 0 aromatic heterocycles. The van der Waals surface area contributed by atoms with Crippen molar-refractivity contribution in [1.29, 1.82) is 0 Å². The predicted molar refractivity (Wildman–Crippen MR) is 98.1 cm³/mol. The molecule has 2 aromatic carbocycles. The van der Waals surface area contributed by atoms with E-state index >= 15 is 0 Å². The molecule has 0 saturated carbocycles. The number of hydrogen-bond donors (Lipinski definition) is 0. The second-order valence-corrected chi connectivity index (χ2v) is 6.35. The lowest BCUT2D eigenvalue weighted by molar-refractivity contribution is 0.171. The number of nitrogens with zero attached hydrogens (tertiary/aromatic N) is 1. The van der Waals surface area contributed by atoms with Gasteiger partial charge in [-0.05, 0) is 49.4 Å². The van der Waals surface area contributed by atoms with Gasteiger partial charge in [-0.3, -0.25) is 4.90 Å². The van der Waals surface area contributed by atoms with E-state index in [9.17, 15) is 0 Å². The molecule has 2 aromatic rings. The van der Waals surface area contributed by atoms with Crippen molar-refractivity contribution >= 4 is 0 Å². The molecule has 0 amide bonds. The van der Waals surface area contributed by atoms with Crippen molar-refractivity contribution in [3.05, 3.63) is 47.0 Å². The molecule has 2 aliphatic heterocycles. The smallest absolute Gasteiger partial charge is 0.231 e. The van der Waals surface area contributed by atoms with Gasteiger partial charge < -0.3 is 18.9 Å².